The second-order valence-electron chi connectivity index (χ2n) is 4.70. The Kier molecular flexibility index (Phi) is 3.17. The average Bonchev–Trinajstić information content (AvgIpc) is 2.89. The van der Waals surface area contributed by atoms with Gasteiger partial charge in [0.15, 0.2) is 5.82 Å². The lowest BCUT2D eigenvalue weighted by Gasteiger charge is -2.27. The minimum atomic E-state index is -0.854. The van der Waals surface area contributed by atoms with E-state index in [0.717, 1.165) is 24.1 Å². The summed E-state index contributed by atoms with van der Waals surface area (Å²) < 4.78 is 27.2. The molecule has 1 aliphatic rings. The Hall–Kier alpha value is -1.95. The molecule has 1 aromatic carbocycles. The first kappa shape index (κ1) is 13.1. The van der Waals surface area contributed by atoms with E-state index in [-0.39, 0.29) is 11.3 Å². The average molecular weight is 294 g/mol. The summed E-state index contributed by atoms with van der Waals surface area (Å²) in [5.74, 6) is -2.08. The third kappa shape index (κ3) is 2.16. The highest BCUT2D eigenvalue weighted by Gasteiger charge is 2.25. The first-order valence-electron chi connectivity index (χ1n) is 6.15. The Morgan fingerprint density at radius 2 is 2.15 bits per heavy atom. The fourth-order valence-corrected chi connectivity index (χ4v) is 3.25. The molecule has 3 nitrogen and oxygen atoms in total. The number of carbonyl (C=O) groups excluding carboxylic acids is 1. The van der Waals surface area contributed by atoms with Crippen molar-refractivity contribution in [1.29, 1.82) is 0 Å². The summed E-state index contributed by atoms with van der Waals surface area (Å²) in [5.41, 5.74) is 5.78. The summed E-state index contributed by atoms with van der Waals surface area (Å²) in [4.78, 5) is 15.1. The molecule has 1 aromatic heterocycles. The van der Waals surface area contributed by atoms with Gasteiger partial charge < -0.3 is 10.6 Å². The fraction of sp³-hybridized carbons (Fsp3) is 0.214. The smallest absolute Gasteiger partial charge is 0.257 e. The fourth-order valence-electron chi connectivity index (χ4n) is 2.36. The van der Waals surface area contributed by atoms with E-state index in [9.17, 15) is 13.6 Å². The van der Waals surface area contributed by atoms with Crippen molar-refractivity contribution in [3.8, 4) is 0 Å². The molecule has 3 rings (SSSR count). The van der Waals surface area contributed by atoms with Crippen LogP contribution in [0.15, 0.2) is 23.6 Å². The molecule has 0 bridgehead atoms. The van der Waals surface area contributed by atoms with E-state index in [0.29, 0.717) is 13.1 Å². The molecule has 2 heterocycles. The highest BCUT2D eigenvalue weighted by molar-refractivity contribution is 7.10. The summed E-state index contributed by atoms with van der Waals surface area (Å²) >= 11 is 1.65. The minimum absolute atomic E-state index is 0.304. The van der Waals surface area contributed by atoms with Crippen molar-refractivity contribution in [2.45, 2.75) is 13.0 Å². The van der Waals surface area contributed by atoms with Crippen molar-refractivity contribution >= 4 is 22.9 Å². The Morgan fingerprint density at radius 3 is 2.95 bits per heavy atom. The van der Waals surface area contributed by atoms with Crippen molar-refractivity contribution in [3.05, 3.63) is 51.2 Å². The van der Waals surface area contributed by atoms with Gasteiger partial charge in [-0.1, -0.05) is 0 Å². The van der Waals surface area contributed by atoms with Crippen LogP contribution < -0.4 is 5.73 Å². The van der Waals surface area contributed by atoms with E-state index in [4.69, 9.17) is 5.73 Å². The number of halogens is 2. The van der Waals surface area contributed by atoms with Crippen LogP contribution in [0.1, 0.15) is 20.8 Å². The van der Waals surface area contributed by atoms with E-state index in [1.807, 2.05) is 11.4 Å². The van der Waals surface area contributed by atoms with Gasteiger partial charge in [0.1, 0.15) is 5.82 Å². The van der Waals surface area contributed by atoms with Gasteiger partial charge in [0, 0.05) is 18.0 Å². The van der Waals surface area contributed by atoms with Gasteiger partial charge in [0.2, 0.25) is 0 Å². The predicted molar refractivity (Wildman–Crippen MR) is 73.5 cm³/mol. The maximum absolute atomic E-state index is 13.9. The van der Waals surface area contributed by atoms with Crippen LogP contribution in [0.4, 0.5) is 14.5 Å². The third-order valence-electron chi connectivity index (χ3n) is 3.39. The van der Waals surface area contributed by atoms with Crippen molar-refractivity contribution in [2.24, 2.45) is 0 Å². The van der Waals surface area contributed by atoms with Crippen LogP contribution in [0.2, 0.25) is 0 Å². The molecule has 1 aliphatic heterocycles. The van der Waals surface area contributed by atoms with E-state index >= 15 is 0 Å². The molecular weight excluding hydrogens is 282 g/mol. The molecule has 0 saturated carbocycles. The van der Waals surface area contributed by atoms with E-state index in [1.54, 1.807) is 11.3 Å². The molecular formula is C14H12F2N2OS. The van der Waals surface area contributed by atoms with Gasteiger partial charge >= 0.3 is 0 Å². The number of nitrogen functional groups attached to an aromatic ring is 1. The molecule has 0 unspecified atom stereocenters. The molecule has 6 heteroatoms. The van der Waals surface area contributed by atoms with Crippen molar-refractivity contribution < 1.29 is 13.6 Å². The van der Waals surface area contributed by atoms with Crippen LogP contribution in [-0.2, 0) is 13.0 Å². The van der Waals surface area contributed by atoms with Crippen molar-refractivity contribution in [3.63, 3.8) is 0 Å². The molecule has 20 heavy (non-hydrogen) atoms. The third-order valence-corrected chi connectivity index (χ3v) is 4.41. The number of amides is 1. The molecule has 2 aromatic rings. The van der Waals surface area contributed by atoms with Crippen molar-refractivity contribution in [2.75, 3.05) is 12.3 Å². The Balaban J connectivity index is 1.91. The van der Waals surface area contributed by atoms with Gasteiger partial charge in [-0.05, 0) is 35.6 Å². The summed E-state index contributed by atoms with van der Waals surface area (Å²) in [6, 6.07) is 3.73. The maximum atomic E-state index is 13.9. The minimum Gasteiger partial charge on any atom is -0.396 e. The van der Waals surface area contributed by atoms with Crippen LogP contribution in [0, 0.1) is 11.6 Å². The van der Waals surface area contributed by atoms with Gasteiger partial charge in [0.05, 0.1) is 11.3 Å². The summed E-state index contributed by atoms with van der Waals surface area (Å²) in [7, 11) is 0. The Bertz CT molecular complexity index is 684. The molecule has 1 amide bonds. The van der Waals surface area contributed by atoms with Crippen LogP contribution >= 0.6 is 11.3 Å². The van der Waals surface area contributed by atoms with Gasteiger partial charge in [-0.2, -0.15) is 0 Å². The number of thiophene rings is 1. The summed E-state index contributed by atoms with van der Waals surface area (Å²) in [6.45, 7) is 0.926. The first-order valence-corrected chi connectivity index (χ1v) is 7.03. The van der Waals surface area contributed by atoms with Crippen LogP contribution in [-0.4, -0.2) is 17.4 Å². The lowest BCUT2D eigenvalue weighted by Crippen LogP contribution is -2.36. The van der Waals surface area contributed by atoms with Crippen LogP contribution in [0.5, 0.6) is 0 Å². The van der Waals surface area contributed by atoms with Gasteiger partial charge in [0.25, 0.3) is 5.91 Å². The van der Waals surface area contributed by atoms with Crippen LogP contribution in [0.25, 0.3) is 0 Å². The van der Waals surface area contributed by atoms with E-state index < -0.39 is 17.5 Å². The predicted octanol–water partition coefficient (Wildman–Crippen LogP) is 2.81. The van der Waals surface area contributed by atoms with Crippen LogP contribution in [0.3, 0.4) is 0 Å². The van der Waals surface area contributed by atoms with Gasteiger partial charge in [-0.3, -0.25) is 4.79 Å². The number of nitrogens with two attached hydrogens (primary N) is 1. The molecule has 0 aliphatic carbocycles. The number of hydrogen-bond acceptors (Lipinski definition) is 3. The quantitative estimate of drug-likeness (QED) is 0.822. The summed E-state index contributed by atoms with van der Waals surface area (Å²) in [5, 5.41) is 1.97. The largest absolute Gasteiger partial charge is 0.396 e. The zero-order chi connectivity index (χ0) is 14.3. The molecule has 0 spiro atoms. The van der Waals surface area contributed by atoms with Crippen molar-refractivity contribution in [1.82, 2.24) is 4.90 Å². The Morgan fingerprint density at radius 1 is 1.35 bits per heavy atom. The normalized spacial score (nSPS) is 14.2. The summed E-state index contributed by atoms with van der Waals surface area (Å²) in [6.07, 6.45) is 0.741. The zero-order valence-electron chi connectivity index (χ0n) is 10.5. The lowest BCUT2D eigenvalue weighted by molar-refractivity contribution is 0.0730. The number of rotatable bonds is 1. The maximum Gasteiger partial charge on any atom is 0.257 e. The number of carbonyl (C=O) groups is 1. The second-order valence-corrected chi connectivity index (χ2v) is 5.70. The molecule has 104 valence electrons. The molecule has 0 radical (unpaired) electrons. The lowest BCUT2D eigenvalue weighted by atomic mass is 10.1. The number of benzene rings is 1. The molecule has 0 atom stereocenters. The number of fused-ring (bicyclic) bond motifs is 1. The Labute approximate surface area is 118 Å². The topological polar surface area (TPSA) is 46.3 Å². The molecule has 0 fully saturated rings. The molecule has 2 N–H and O–H groups in total. The highest BCUT2D eigenvalue weighted by atomic mass is 32.1. The second kappa shape index (κ2) is 4.86. The molecule has 0 saturated heterocycles. The number of hydrogen-bond donors (Lipinski definition) is 1. The SMILES string of the molecule is Nc1cc(F)cc(C(=O)N2CCc3sccc3C2)c1F. The van der Waals surface area contributed by atoms with Gasteiger partial charge in [-0.15, -0.1) is 11.3 Å². The highest BCUT2D eigenvalue weighted by Crippen LogP contribution is 2.26. The zero-order valence-corrected chi connectivity index (χ0v) is 11.3. The van der Waals surface area contributed by atoms with Gasteiger partial charge in [-0.25, -0.2) is 8.78 Å². The van der Waals surface area contributed by atoms with E-state index in [1.165, 1.54) is 9.78 Å². The number of anilines is 1. The monoisotopic (exact) mass is 294 g/mol. The number of nitrogens with zero attached hydrogens (tertiary/aromatic N) is 1. The first-order chi connectivity index (χ1) is 9.56. The van der Waals surface area contributed by atoms with E-state index in [2.05, 4.69) is 0 Å². The standard InChI is InChI=1S/C14H12F2N2OS/c15-9-5-10(13(16)11(17)6-9)14(19)18-3-1-12-8(7-18)2-4-20-12/h2,4-6H,1,3,7,17H2.